The molecular weight excluding hydrogens is 336 g/mol. The topological polar surface area (TPSA) is 119 Å². The molecule has 1 aromatic heterocycles. The number of aromatic nitrogens is 2. The molecule has 9 nitrogen and oxygen atoms in total. The van der Waals surface area contributed by atoms with Gasteiger partial charge in [-0.05, 0) is 19.4 Å². The normalized spacial score (nSPS) is 20.0. The Bertz CT molecular complexity index is 776. The number of hydrogen-bond acceptors (Lipinski definition) is 8. The van der Waals surface area contributed by atoms with E-state index in [0.717, 1.165) is 5.56 Å². The predicted molar refractivity (Wildman–Crippen MR) is 99.1 cm³/mol. The van der Waals surface area contributed by atoms with E-state index in [1.807, 2.05) is 49.1 Å². The van der Waals surface area contributed by atoms with Crippen LogP contribution in [0.15, 0.2) is 30.3 Å². The van der Waals surface area contributed by atoms with Crippen molar-refractivity contribution in [3.8, 4) is 0 Å². The first-order valence-electron chi connectivity index (χ1n) is 8.44. The van der Waals surface area contributed by atoms with E-state index >= 15 is 0 Å². The summed E-state index contributed by atoms with van der Waals surface area (Å²) in [6.45, 7) is 5.52. The van der Waals surface area contributed by atoms with Crippen molar-refractivity contribution in [3.05, 3.63) is 46.0 Å². The summed E-state index contributed by atoms with van der Waals surface area (Å²) < 4.78 is 5.71. The third kappa shape index (κ3) is 3.99. The number of morpholine rings is 1. The monoisotopic (exact) mass is 358 g/mol. The molecule has 0 spiro atoms. The van der Waals surface area contributed by atoms with Gasteiger partial charge in [-0.1, -0.05) is 30.3 Å². The van der Waals surface area contributed by atoms with Crippen LogP contribution < -0.4 is 16.0 Å². The van der Waals surface area contributed by atoms with Gasteiger partial charge in [0.25, 0.3) is 0 Å². The van der Waals surface area contributed by atoms with Crippen LogP contribution in [0.2, 0.25) is 0 Å². The molecule has 3 N–H and O–H groups in total. The molecule has 0 saturated carbocycles. The largest absolute Gasteiger partial charge is 0.378 e. The van der Waals surface area contributed by atoms with E-state index in [0.29, 0.717) is 25.6 Å². The highest BCUT2D eigenvalue weighted by atomic mass is 16.6. The van der Waals surface area contributed by atoms with Crippen molar-refractivity contribution in [2.45, 2.75) is 32.6 Å². The van der Waals surface area contributed by atoms with Crippen molar-refractivity contribution in [3.63, 3.8) is 0 Å². The minimum atomic E-state index is -0.559. The molecule has 1 saturated heterocycles. The summed E-state index contributed by atoms with van der Waals surface area (Å²) in [5, 5.41) is 14.4. The summed E-state index contributed by atoms with van der Waals surface area (Å²) in [6.07, 6.45) is 0.0268. The molecule has 2 unspecified atom stereocenters. The molecule has 9 heteroatoms. The molecule has 2 atom stereocenters. The highest BCUT2D eigenvalue weighted by Gasteiger charge is 2.28. The lowest BCUT2D eigenvalue weighted by Crippen LogP contribution is -2.46. The number of anilines is 3. The van der Waals surface area contributed by atoms with Crippen molar-refractivity contribution in [2.24, 2.45) is 0 Å². The van der Waals surface area contributed by atoms with E-state index in [1.165, 1.54) is 0 Å². The number of nitrogens with two attached hydrogens (primary N) is 1. The van der Waals surface area contributed by atoms with Gasteiger partial charge < -0.3 is 20.7 Å². The Balaban J connectivity index is 1.90. The zero-order chi connectivity index (χ0) is 18.7. The van der Waals surface area contributed by atoms with Gasteiger partial charge in [0.05, 0.1) is 17.1 Å². The van der Waals surface area contributed by atoms with Crippen LogP contribution >= 0.6 is 0 Å². The number of rotatable bonds is 5. The molecule has 0 radical (unpaired) electrons. The maximum atomic E-state index is 11.4. The summed E-state index contributed by atoms with van der Waals surface area (Å²) in [5.41, 5.74) is 6.55. The fraction of sp³-hybridized carbons (Fsp3) is 0.412. The van der Waals surface area contributed by atoms with E-state index in [-0.39, 0.29) is 29.5 Å². The Hall–Kier alpha value is -2.94. The molecular formula is C17H22N6O3. The van der Waals surface area contributed by atoms with Gasteiger partial charge in [-0.3, -0.25) is 10.1 Å². The number of nitrogens with one attached hydrogen (secondary N) is 1. The lowest BCUT2D eigenvalue weighted by atomic mass is 10.2. The summed E-state index contributed by atoms with van der Waals surface area (Å²) in [5.74, 6) is 0.334. The third-order valence-electron chi connectivity index (χ3n) is 4.09. The van der Waals surface area contributed by atoms with Crippen LogP contribution in [0, 0.1) is 10.1 Å². The first kappa shape index (κ1) is 17.9. The second-order valence-electron chi connectivity index (χ2n) is 6.36. The molecule has 1 aliphatic heterocycles. The standard InChI is InChI=1S/C17H22N6O3/c1-11-9-22(10-12(2)26-11)17-20-15(18)14(23(24)25)16(21-17)19-8-13-6-4-3-5-7-13/h3-7,11-12H,8-10H2,1-2H3,(H3,18,19,20,21). The Morgan fingerprint density at radius 3 is 2.54 bits per heavy atom. The predicted octanol–water partition coefficient (Wildman–Crippen LogP) is 2.19. The molecule has 2 heterocycles. The van der Waals surface area contributed by atoms with Crippen LogP contribution in [-0.4, -0.2) is 40.2 Å². The van der Waals surface area contributed by atoms with Gasteiger partial charge in [-0.15, -0.1) is 0 Å². The second kappa shape index (κ2) is 7.52. The molecule has 3 rings (SSSR count). The fourth-order valence-corrected chi connectivity index (χ4v) is 3.03. The van der Waals surface area contributed by atoms with Gasteiger partial charge in [0.15, 0.2) is 0 Å². The van der Waals surface area contributed by atoms with Crippen LogP contribution in [0.4, 0.5) is 23.3 Å². The number of nitrogen functional groups attached to an aromatic ring is 1. The number of hydrogen-bond donors (Lipinski definition) is 2. The average molecular weight is 358 g/mol. The molecule has 0 aliphatic carbocycles. The summed E-state index contributed by atoms with van der Waals surface area (Å²) in [6, 6.07) is 9.57. The molecule has 0 bridgehead atoms. The first-order valence-corrected chi connectivity index (χ1v) is 8.44. The van der Waals surface area contributed by atoms with Crippen LogP contribution in [0.3, 0.4) is 0 Å². The van der Waals surface area contributed by atoms with Gasteiger partial charge in [-0.25, -0.2) is 0 Å². The number of benzene rings is 1. The number of nitrogens with zero attached hydrogens (tertiary/aromatic N) is 4. The average Bonchev–Trinajstić information content (AvgIpc) is 2.59. The molecule has 26 heavy (non-hydrogen) atoms. The van der Waals surface area contributed by atoms with Crippen molar-refractivity contribution < 1.29 is 9.66 Å². The lowest BCUT2D eigenvalue weighted by Gasteiger charge is -2.35. The zero-order valence-corrected chi connectivity index (χ0v) is 14.8. The Morgan fingerprint density at radius 1 is 1.27 bits per heavy atom. The highest BCUT2D eigenvalue weighted by molar-refractivity contribution is 5.70. The van der Waals surface area contributed by atoms with Crippen LogP contribution in [0.1, 0.15) is 19.4 Å². The van der Waals surface area contributed by atoms with Crippen molar-refractivity contribution in [1.82, 2.24) is 9.97 Å². The maximum Gasteiger partial charge on any atom is 0.353 e. The molecule has 1 fully saturated rings. The Morgan fingerprint density at radius 2 is 1.92 bits per heavy atom. The van der Waals surface area contributed by atoms with E-state index in [4.69, 9.17) is 10.5 Å². The first-order chi connectivity index (χ1) is 12.4. The minimum absolute atomic E-state index is 0.0134. The van der Waals surface area contributed by atoms with Crippen LogP contribution in [0.5, 0.6) is 0 Å². The molecule has 0 amide bonds. The smallest absolute Gasteiger partial charge is 0.353 e. The number of ether oxygens (including phenoxy) is 1. The Labute approximate surface area is 151 Å². The molecule has 138 valence electrons. The highest BCUT2D eigenvalue weighted by Crippen LogP contribution is 2.31. The minimum Gasteiger partial charge on any atom is -0.378 e. The van der Waals surface area contributed by atoms with Gasteiger partial charge in [-0.2, -0.15) is 9.97 Å². The quantitative estimate of drug-likeness (QED) is 0.616. The van der Waals surface area contributed by atoms with E-state index in [9.17, 15) is 10.1 Å². The third-order valence-corrected chi connectivity index (χ3v) is 4.09. The fourth-order valence-electron chi connectivity index (χ4n) is 3.03. The summed E-state index contributed by atoms with van der Waals surface area (Å²) in [7, 11) is 0. The van der Waals surface area contributed by atoms with E-state index in [1.54, 1.807) is 0 Å². The van der Waals surface area contributed by atoms with E-state index in [2.05, 4.69) is 15.3 Å². The van der Waals surface area contributed by atoms with Gasteiger partial charge >= 0.3 is 5.69 Å². The SMILES string of the molecule is CC1CN(c2nc(N)c([N+](=O)[O-])c(NCc3ccccc3)n2)CC(C)O1. The van der Waals surface area contributed by atoms with Crippen molar-refractivity contribution >= 4 is 23.3 Å². The van der Waals surface area contributed by atoms with Gasteiger partial charge in [0.1, 0.15) is 0 Å². The maximum absolute atomic E-state index is 11.4. The molecule has 1 aliphatic rings. The second-order valence-corrected chi connectivity index (χ2v) is 6.36. The van der Waals surface area contributed by atoms with Crippen molar-refractivity contribution in [1.29, 1.82) is 0 Å². The number of nitro groups is 1. The summed E-state index contributed by atoms with van der Waals surface area (Å²) >= 11 is 0. The van der Waals surface area contributed by atoms with Crippen molar-refractivity contribution in [2.75, 3.05) is 29.0 Å². The van der Waals surface area contributed by atoms with Gasteiger partial charge in [0, 0.05) is 19.6 Å². The van der Waals surface area contributed by atoms with E-state index < -0.39 is 4.92 Å². The summed E-state index contributed by atoms with van der Waals surface area (Å²) in [4.78, 5) is 21.3. The molecule has 1 aromatic carbocycles. The van der Waals surface area contributed by atoms with Gasteiger partial charge in [0.2, 0.25) is 17.6 Å². The lowest BCUT2D eigenvalue weighted by molar-refractivity contribution is -0.383. The van der Waals surface area contributed by atoms with Crippen LogP contribution in [0.25, 0.3) is 0 Å². The molecule has 2 aromatic rings. The van der Waals surface area contributed by atoms with Crippen LogP contribution in [-0.2, 0) is 11.3 Å². The Kier molecular flexibility index (Phi) is 5.17. The zero-order valence-electron chi connectivity index (χ0n) is 14.8.